The fraction of sp³-hybridized carbons (Fsp3) is 0.636. The predicted octanol–water partition coefficient (Wildman–Crippen LogP) is 2.70. The Kier molecular flexibility index (Phi) is 3.35. The summed E-state index contributed by atoms with van der Waals surface area (Å²) in [5, 5.41) is 21.2. The van der Waals surface area contributed by atoms with Crippen molar-refractivity contribution < 1.29 is 10.0 Å². The van der Waals surface area contributed by atoms with Gasteiger partial charge in [0, 0.05) is 24.0 Å². The van der Waals surface area contributed by atoms with Gasteiger partial charge < -0.3 is 10.0 Å². The van der Waals surface area contributed by atoms with Crippen LogP contribution in [0.5, 0.6) is 0 Å². The van der Waals surface area contributed by atoms with Crippen LogP contribution in [-0.2, 0) is 0 Å². The zero-order valence-corrected chi connectivity index (χ0v) is 10.7. The molecule has 0 bridgehead atoms. The fourth-order valence-electron chi connectivity index (χ4n) is 1.92. The molecule has 0 saturated heterocycles. The van der Waals surface area contributed by atoms with E-state index in [9.17, 15) is 15.2 Å². The Hall–Kier alpha value is -1.14. The third-order valence-corrected chi connectivity index (χ3v) is 4.65. The van der Waals surface area contributed by atoms with Gasteiger partial charge in [-0.25, -0.2) is 0 Å². The molecule has 1 aliphatic rings. The van der Waals surface area contributed by atoms with Crippen molar-refractivity contribution in [3.8, 4) is 0 Å². The lowest BCUT2D eigenvalue weighted by molar-refractivity contribution is -0.383. The summed E-state index contributed by atoms with van der Waals surface area (Å²) in [6.45, 7) is 1.63. The summed E-state index contributed by atoms with van der Waals surface area (Å²) in [7, 11) is 1.90. The maximum absolute atomic E-state index is 11.0. The van der Waals surface area contributed by atoms with Crippen molar-refractivity contribution in [3.63, 3.8) is 0 Å². The van der Waals surface area contributed by atoms with Crippen LogP contribution in [0.2, 0.25) is 0 Å². The summed E-state index contributed by atoms with van der Waals surface area (Å²) < 4.78 is 0. The van der Waals surface area contributed by atoms with Gasteiger partial charge >= 0.3 is 5.69 Å². The highest BCUT2D eigenvalue weighted by Gasteiger charge is 2.30. The number of thiophene rings is 1. The summed E-state index contributed by atoms with van der Waals surface area (Å²) in [6, 6.07) is 1.90. The lowest BCUT2D eigenvalue weighted by atomic mass is 9.92. The van der Waals surface area contributed by atoms with Gasteiger partial charge in [0.2, 0.25) is 0 Å². The van der Waals surface area contributed by atoms with E-state index in [0.29, 0.717) is 15.9 Å². The Morgan fingerprint density at radius 3 is 2.71 bits per heavy atom. The van der Waals surface area contributed by atoms with Gasteiger partial charge in [0.05, 0.1) is 11.0 Å². The van der Waals surface area contributed by atoms with E-state index in [4.69, 9.17) is 0 Å². The van der Waals surface area contributed by atoms with Gasteiger partial charge in [0.1, 0.15) is 0 Å². The Labute approximate surface area is 104 Å². The average molecular weight is 256 g/mol. The van der Waals surface area contributed by atoms with Gasteiger partial charge in [-0.1, -0.05) is 0 Å². The predicted molar refractivity (Wildman–Crippen MR) is 67.6 cm³/mol. The third kappa shape index (κ3) is 2.28. The number of hydrogen-bond acceptors (Lipinski definition) is 5. The molecule has 6 heteroatoms. The Morgan fingerprint density at radius 2 is 2.29 bits per heavy atom. The van der Waals surface area contributed by atoms with Crippen molar-refractivity contribution in [2.75, 3.05) is 11.9 Å². The molecule has 17 heavy (non-hydrogen) atoms. The van der Waals surface area contributed by atoms with Crippen LogP contribution < -0.4 is 4.90 Å². The van der Waals surface area contributed by atoms with Gasteiger partial charge in [-0.15, -0.1) is 11.3 Å². The molecular formula is C11H16N2O3S. The summed E-state index contributed by atoms with van der Waals surface area (Å²) in [4.78, 5) is 13.3. The molecule has 1 fully saturated rings. The number of hydrogen-bond donors (Lipinski definition) is 1. The van der Waals surface area contributed by atoms with Crippen LogP contribution in [0.4, 0.5) is 10.7 Å². The minimum Gasteiger partial charge on any atom is -0.388 e. The van der Waals surface area contributed by atoms with Crippen LogP contribution in [0.15, 0.2) is 6.07 Å². The molecule has 5 nitrogen and oxygen atoms in total. The maximum atomic E-state index is 11.0. The quantitative estimate of drug-likeness (QED) is 0.664. The standard InChI is InChI=1S/C11H16N2O3S/c1-7(14)10-6-9(13(15)16)11(17-10)12(2)8-4-3-5-8/h6-8,14H,3-5H2,1-2H3. The van der Waals surface area contributed by atoms with Crippen LogP contribution in [0.1, 0.15) is 37.2 Å². The van der Waals surface area contributed by atoms with E-state index < -0.39 is 6.10 Å². The van der Waals surface area contributed by atoms with Crippen molar-refractivity contribution in [1.82, 2.24) is 0 Å². The SMILES string of the molecule is CC(O)c1cc([N+](=O)[O-])c(N(C)C2CCC2)s1. The molecule has 0 aromatic carbocycles. The van der Waals surface area contributed by atoms with E-state index in [0.717, 1.165) is 12.8 Å². The minimum atomic E-state index is -0.651. The first-order valence-electron chi connectivity index (χ1n) is 5.69. The zero-order chi connectivity index (χ0) is 12.6. The van der Waals surface area contributed by atoms with Crippen molar-refractivity contribution in [2.45, 2.75) is 38.3 Å². The Morgan fingerprint density at radius 1 is 1.65 bits per heavy atom. The first-order chi connectivity index (χ1) is 8.00. The van der Waals surface area contributed by atoms with Gasteiger partial charge in [-0.05, 0) is 26.2 Å². The molecule has 1 aliphatic carbocycles. The summed E-state index contributed by atoms with van der Waals surface area (Å²) in [5.74, 6) is 0. The van der Waals surface area contributed by atoms with Crippen molar-refractivity contribution >= 4 is 22.0 Å². The van der Waals surface area contributed by atoms with Crippen molar-refractivity contribution in [1.29, 1.82) is 0 Å². The van der Waals surface area contributed by atoms with Crippen molar-refractivity contribution in [3.05, 3.63) is 21.1 Å². The van der Waals surface area contributed by atoms with E-state index in [2.05, 4.69) is 0 Å². The normalized spacial score (nSPS) is 17.6. The highest BCUT2D eigenvalue weighted by molar-refractivity contribution is 7.16. The average Bonchev–Trinajstić information content (AvgIpc) is 2.58. The highest BCUT2D eigenvalue weighted by atomic mass is 32.1. The molecule has 94 valence electrons. The molecule has 1 N–H and O–H groups in total. The van der Waals surface area contributed by atoms with Crippen LogP contribution in [0, 0.1) is 10.1 Å². The largest absolute Gasteiger partial charge is 0.388 e. The number of rotatable bonds is 4. The molecule has 1 aromatic rings. The number of aliphatic hydroxyl groups excluding tert-OH is 1. The zero-order valence-electron chi connectivity index (χ0n) is 9.92. The Bertz CT molecular complexity index is 426. The van der Waals surface area contributed by atoms with Crippen LogP contribution >= 0.6 is 11.3 Å². The van der Waals surface area contributed by atoms with Crippen LogP contribution in [0.25, 0.3) is 0 Å². The fourth-order valence-corrected chi connectivity index (χ4v) is 3.01. The first-order valence-corrected chi connectivity index (χ1v) is 6.51. The summed E-state index contributed by atoms with van der Waals surface area (Å²) in [5.41, 5.74) is 0.111. The smallest absolute Gasteiger partial charge is 0.304 e. The minimum absolute atomic E-state index is 0.111. The number of aliphatic hydroxyl groups is 1. The van der Waals surface area contributed by atoms with Gasteiger partial charge in [0.25, 0.3) is 0 Å². The lowest BCUT2D eigenvalue weighted by Gasteiger charge is -2.34. The van der Waals surface area contributed by atoms with E-state index in [-0.39, 0.29) is 10.6 Å². The second-order valence-electron chi connectivity index (χ2n) is 4.47. The van der Waals surface area contributed by atoms with E-state index in [1.807, 2.05) is 11.9 Å². The summed E-state index contributed by atoms with van der Waals surface area (Å²) in [6.07, 6.45) is 2.73. The number of anilines is 1. The molecule has 0 amide bonds. The molecule has 1 aromatic heterocycles. The number of nitro groups is 1. The Balaban J connectivity index is 2.32. The molecule has 1 atom stereocenters. The second kappa shape index (κ2) is 4.62. The lowest BCUT2D eigenvalue weighted by Crippen LogP contribution is -2.36. The topological polar surface area (TPSA) is 66.6 Å². The van der Waals surface area contributed by atoms with Crippen LogP contribution in [0.3, 0.4) is 0 Å². The second-order valence-corrected chi connectivity index (χ2v) is 5.53. The molecule has 1 heterocycles. The first kappa shape index (κ1) is 12.3. The van der Waals surface area contributed by atoms with E-state index in [1.54, 1.807) is 6.92 Å². The van der Waals surface area contributed by atoms with Gasteiger partial charge in [0.15, 0.2) is 5.00 Å². The summed E-state index contributed by atoms with van der Waals surface area (Å²) >= 11 is 1.32. The highest BCUT2D eigenvalue weighted by Crippen LogP contribution is 2.42. The molecular weight excluding hydrogens is 240 g/mol. The molecule has 1 saturated carbocycles. The number of nitrogens with zero attached hydrogens (tertiary/aromatic N) is 2. The molecule has 0 radical (unpaired) electrons. The molecule has 0 spiro atoms. The van der Waals surface area contributed by atoms with E-state index in [1.165, 1.54) is 23.8 Å². The maximum Gasteiger partial charge on any atom is 0.304 e. The van der Waals surface area contributed by atoms with E-state index >= 15 is 0 Å². The van der Waals surface area contributed by atoms with Crippen LogP contribution in [-0.4, -0.2) is 23.1 Å². The molecule has 0 aliphatic heterocycles. The third-order valence-electron chi connectivity index (χ3n) is 3.26. The van der Waals surface area contributed by atoms with Crippen molar-refractivity contribution in [2.24, 2.45) is 0 Å². The monoisotopic (exact) mass is 256 g/mol. The molecule has 1 unspecified atom stereocenters. The molecule has 2 rings (SSSR count). The van der Waals surface area contributed by atoms with Gasteiger partial charge in [-0.3, -0.25) is 10.1 Å². The van der Waals surface area contributed by atoms with Gasteiger partial charge in [-0.2, -0.15) is 0 Å².